The van der Waals surface area contributed by atoms with Crippen molar-refractivity contribution in [3.05, 3.63) is 53.6 Å². The molecule has 2 unspecified atom stereocenters. The van der Waals surface area contributed by atoms with E-state index >= 15 is 0 Å². The predicted octanol–water partition coefficient (Wildman–Crippen LogP) is 2.46. The average Bonchev–Trinajstić information content (AvgIpc) is 3.24. The summed E-state index contributed by atoms with van der Waals surface area (Å²) < 4.78 is 2.19. The third-order valence-corrected chi connectivity index (χ3v) is 5.33. The van der Waals surface area contributed by atoms with Gasteiger partial charge in [0, 0.05) is 25.2 Å². The summed E-state index contributed by atoms with van der Waals surface area (Å²) in [4.78, 5) is 20.0. The lowest BCUT2D eigenvalue weighted by Gasteiger charge is -2.31. The minimum absolute atomic E-state index is 0.137. The van der Waals surface area contributed by atoms with Crippen LogP contribution in [0.3, 0.4) is 0 Å². The molecule has 1 aromatic carbocycles. The molecule has 1 fully saturated rings. The highest BCUT2D eigenvalue weighted by atomic mass is 16.2. The van der Waals surface area contributed by atoms with Crippen LogP contribution >= 0.6 is 0 Å². The minimum atomic E-state index is -0.172. The number of amides is 1. The highest BCUT2D eigenvalue weighted by Gasteiger charge is 2.31. The molecule has 0 saturated carbocycles. The molecule has 5 heteroatoms. The van der Waals surface area contributed by atoms with Crippen molar-refractivity contribution in [1.29, 1.82) is 0 Å². The van der Waals surface area contributed by atoms with Crippen LogP contribution in [-0.2, 0) is 17.8 Å². The molecule has 0 aliphatic carbocycles. The lowest BCUT2D eigenvalue weighted by Crippen LogP contribution is -2.46. The average molecular weight is 338 g/mol. The van der Waals surface area contributed by atoms with Gasteiger partial charge in [0.2, 0.25) is 5.91 Å². The molecular weight excluding hydrogens is 312 g/mol. The Morgan fingerprint density at radius 2 is 2.00 bits per heavy atom. The molecule has 0 spiro atoms. The van der Waals surface area contributed by atoms with E-state index in [2.05, 4.69) is 38.1 Å². The van der Waals surface area contributed by atoms with Crippen molar-refractivity contribution in [3.8, 4) is 0 Å². The number of aromatic nitrogens is 2. The third-order valence-electron chi connectivity index (χ3n) is 5.33. The second kappa shape index (κ2) is 7.00. The number of carbonyl (C=O) groups excluding carboxylic acids is 1. The Morgan fingerprint density at radius 1 is 1.24 bits per heavy atom. The summed E-state index contributed by atoms with van der Waals surface area (Å²) in [6, 6.07) is 10.2. The van der Waals surface area contributed by atoms with Gasteiger partial charge in [-0.1, -0.05) is 30.3 Å². The molecule has 2 aromatic rings. The van der Waals surface area contributed by atoms with E-state index in [1.54, 1.807) is 0 Å². The number of imidazole rings is 1. The zero-order valence-electron chi connectivity index (χ0n) is 14.8. The molecule has 3 heterocycles. The van der Waals surface area contributed by atoms with Crippen molar-refractivity contribution in [2.45, 2.75) is 51.2 Å². The van der Waals surface area contributed by atoms with Crippen molar-refractivity contribution in [3.63, 3.8) is 0 Å². The minimum Gasteiger partial charge on any atom is -0.350 e. The second-order valence-electron chi connectivity index (χ2n) is 7.25. The van der Waals surface area contributed by atoms with Gasteiger partial charge in [0.1, 0.15) is 11.9 Å². The standard InChI is InChI=1S/C20H26N4O/c1-15-13-24-14-17(9-10-18(24)21-15)22-20(25)19(23-11-5-6-12-23)16-7-3-2-4-8-16/h2-4,7-8,13,17,19H,5-6,9-12,14H2,1H3,(H,22,25). The van der Waals surface area contributed by atoms with E-state index in [1.165, 1.54) is 12.8 Å². The first kappa shape index (κ1) is 16.3. The fraction of sp³-hybridized carbons (Fsp3) is 0.500. The van der Waals surface area contributed by atoms with Crippen LogP contribution in [0, 0.1) is 6.92 Å². The van der Waals surface area contributed by atoms with Crippen LogP contribution in [0.5, 0.6) is 0 Å². The van der Waals surface area contributed by atoms with Gasteiger partial charge in [0.15, 0.2) is 0 Å². The van der Waals surface area contributed by atoms with Crippen molar-refractivity contribution in [1.82, 2.24) is 19.8 Å². The summed E-state index contributed by atoms with van der Waals surface area (Å²) in [6.45, 7) is 4.85. The molecule has 2 aliphatic heterocycles. The largest absolute Gasteiger partial charge is 0.350 e. The molecule has 1 saturated heterocycles. The van der Waals surface area contributed by atoms with E-state index < -0.39 is 0 Å². The first-order valence-corrected chi connectivity index (χ1v) is 9.33. The van der Waals surface area contributed by atoms with Gasteiger partial charge in [-0.3, -0.25) is 9.69 Å². The number of benzene rings is 1. The summed E-state index contributed by atoms with van der Waals surface area (Å²) in [6.07, 6.45) is 6.33. The van der Waals surface area contributed by atoms with Crippen LogP contribution in [0.1, 0.15) is 42.4 Å². The number of hydrogen-bond acceptors (Lipinski definition) is 3. The lowest BCUT2D eigenvalue weighted by atomic mass is 10.0. The molecule has 4 rings (SSSR count). The molecule has 132 valence electrons. The highest BCUT2D eigenvalue weighted by molar-refractivity contribution is 5.83. The van der Waals surface area contributed by atoms with Gasteiger partial charge < -0.3 is 9.88 Å². The van der Waals surface area contributed by atoms with E-state index in [-0.39, 0.29) is 18.0 Å². The maximum Gasteiger partial charge on any atom is 0.242 e. The number of likely N-dealkylation sites (tertiary alicyclic amines) is 1. The normalized spacial score (nSPS) is 21.7. The van der Waals surface area contributed by atoms with Crippen LogP contribution in [0.25, 0.3) is 0 Å². The Hall–Kier alpha value is -2.14. The molecule has 5 nitrogen and oxygen atoms in total. The van der Waals surface area contributed by atoms with Crippen molar-refractivity contribution < 1.29 is 4.79 Å². The number of rotatable bonds is 4. The van der Waals surface area contributed by atoms with Gasteiger partial charge in [0.25, 0.3) is 0 Å². The Bertz CT molecular complexity index is 733. The zero-order valence-corrected chi connectivity index (χ0v) is 14.8. The number of nitrogens with one attached hydrogen (secondary N) is 1. The van der Waals surface area contributed by atoms with Gasteiger partial charge in [-0.05, 0) is 44.8 Å². The fourth-order valence-corrected chi connectivity index (χ4v) is 4.15. The second-order valence-corrected chi connectivity index (χ2v) is 7.25. The van der Waals surface area contributed by atoms with E-state index in [4.69, 9.17) is 0 Å². The van der Waals surface area contributed by atoms with E-state index in [0.717, 1.165) is 49.6 Å². The molecule has 2 atom stereocenters. The SMILES string of the molecule is Cc1cn2c(n1)CCC(NC(=O)C(c1ccccc1)N1CCCC1)C2. The number of hydrogen-bond donors (Lipinski definition) is 1. The first-order chi connectivity index (χ1) is 12.2. The maximum absolute atomic E-state index is 13.1. The lowest BCUT2D eigenvalue weighted by molar-refractivity contribution is -0.127. The van der Waals surface area contributed by atoms with Crippen molar-refractivity contribution in [2.75, 3.05) is 13.1 Å². The molecule has 1 amide bonds. The van der Waals surface area contributed by atoms with E-state index in [9.17, 15) is 4.79 Å². The number of fused-ring (bicyclic) bond motifs is 1. The van der Waals surface area contributed by atoms with Gasteiger partial charge in [0.05, 0.1) is 5.69 Å². The van der Waals surface area contributed by atoms with E-state index in [1.807, 2.05) is 25.1 Å². The quantitative estimate of drug-likeness (QED) is 0.932. The van der Waals surface area contributed by atoms with E-state index in [0.29, 0.717) is 0 Å². The molecule has 1 aromatic heterocycles. The van der Waals surface area contributed by atoms with Gasteiger partial charge >= 0.3 is 0 Å². The number of carbonyl (C=O) groups is 1. The van der Waals surface area contributed by atoms with Crippen molar-refractivity contribution >= 4 is 5.91 Å². The summed E-state index contributed by atoms with van der Waals surface area (Å²) >= 11 is 0. The molecule has 0 radical (unpaired) electrons. The summed E-state index contributed by atoms with van der Waals surface area (Å²) in [5.74, 6) is 1.28. The number of aryl methyl sites for hydroxylation is 2. The van der Waals surface area contributed by atoms with Crippen LogP contribution in [0.2, 0.25) is 0 Å². The van der Waals surface area contributed by atoms with Crippen LogP contribution in [-0.4, -0.2) is 39.5 Å². The molecule has 1 N–H and O–H groups in total. The Labute approximate surface area is 149 Å². The Balaban J connectivity index is 1.49. The smallest absolute Gasteiger partial charge is 0.242 e. The van der Waals surface area contributed by atoms with Crippen LogP contribution < -0.4 is 5.32 Å². The van der Waals surface area contributed by atoms with Crippen LogP contribution in [0.15, 0.2) is 36.5 Å². The monoisotopic (exact) mass is 338 g/mol. The molecule has 0 bridgehead atoms. The molecular formula is C20H26N4O. The summed E-state index contributed by atoms with van der Waals surface area (Å²) in [5.41, 5.74) is 2.15. The van der Waals surface area contributed by atoms with Crippen molar-refractivity contribution in [2.24, 2.45) is 0 Å². The summed E-state index contributed by atoms with van der Waals surface area (Å²) in [5, 5.41) is 3.32. The van der Waals surface area contributed by atoms with Gasteiger partial charge in [-0.15, -0.1) is 0 Å². The fourth-order valence-electron chi connectivity index (χ4n) is 4.15. The zero-order chi connectivity index (χ0) is 17.2. The first-order valence-electron chi connectivity index (χ1n) is 9.33. The maximum atomic E-state index is 13.1. The highest BCUT2D eigenvalue weighted by Crippen LogP contribution is 2.26. The summed E-state index contributed by atoms with van der Waals surface area (Å²) in [7, 11) is 0. The third kappa shape index (κ3) is 3.47. The molecule has 2 aliphatic rings. The number of nitrogens with zero attached hydrogens (tertiary/aromatic N) is 3. The van der Waals surface area contributed by atoms with Crippen LogP contribution in [0.4, 0.5) is 0 Å². The topological polar surface area (TPSA) is 50.2 Å². The Kier molecular flexibility index (Phi) is 4.57. The van der Waals surface area contributed by atoms with Gasteiger partial charge in [-0.2, -0.15) is 0 Å². The predicted molar refractivity (Wildman–Crippen MR) is 97.2 cm³/mol. The molecule has 25 heavy (non-hydrogen) atoms. The Morgan fingerprint density at radius 3 is 2.76 bits per heavy atom. The van der Waals surface area contributed by atoms with Gasteiger partial charge in [-0.25, -0.2) is 4.98 Å².